The van der Waals surface area contributed by atoms with Crippen LogP contribution in [0.3, 0.4) is 0 Å². The lowest BCUT2D eigenvalue weighted by atomic mass is 9.92. The van der Waals surface area contributed by atoms with Crippen LogP contribution in [0.1, 0.15) is 44.7 Å². The Balaban J connectivity index is 2.16. The molecule has 1 aliphatic rings. The Hall–Kier alpha value is -1.23. The second kappa shape index (κ2) is 5.61. The van der Waals surface area contributed by atoms with Gasteiger partial charge in [0.2, 0.25) is 0 Å². The van der Waals surface area contributed by atoms with Crippen molar-refractivity contribution in [1.29, 1.82) is 0 Å². The van der Waals surface area contributed by atoms with Gasteiger partial charge in [0.25, 0.3) is 0 Å². The van der Waals surface area contributed by atoms with Crippen LogP contribution in [-0.2, 0) is 6.54 Å². The molecule has 4 N–H and O–H groups in total. The van der Waals surface area contributed by atoms with Crippen molar-refractivity contribution in [3.8, 4) is 0 Å². The predicted octanol–water partition coefficient (Wildman–Crippen LogP) is 1.90. The summed E-state index contributed by atoms with van der Waals surface area (Å²) in [5.41, 5.74) is 7.64. The molecule has 18 heavy (non-hydrogen) atoms. The fourth-order valence-corrected chi connectivity index (χ4v) is 2.58. The number of anilines is 2. The van der Waals surface area contributed by atoms with E-state index in [-0.39, 0.29) is 12.1 Å². The predicted molar refractivity (Wildman–Crippen MR) is 73.6 cm³/mol. The Morgan fingerprint density at radius 2 is 2.17 bits per heavy atom. The normalized spacial score (nSPS) is 24.2. The van der Waals surface area contributed by atoms with Gasteiger partial charge in [0.05, 0.1) is 23.5 Å². The third-order valence-corrected chi connectivity index (χ3v) is 3.66. The summed E-state index contributed by atoms with van der Waals surface area (Å²) in [6.07, 6.45) is 4.89. The summed E-state index contributed by atoms with van der Waals surface area (Å²) in [4.78, 5) is 0. The number of aromatic nitrogens is 2. The van der Waals surface area contributed by atoms with E-state index in [1.807, 2.05) is 11.6 Å². The summed E-state index contributed by atoms with van der Waals surface area (Å²) in [6, 6.07) is 0.104. The van der Waals surface area contributed by atoms with Crippen LogP contribution in [0.5, 0.6) is 0 Å². The average molecular weight is 252 g/mol. The van der Waals surface area contributed by atoms with Crippen molar-refractivity contribution in [3.05, 3.63) is 5.69 Å². The highest BCUT2D eigenvalue weighted by Crippen LogP contribution is 2.27. The molecule has 1 aliphatic carbocycles. The van der Waals surface area contributed by atoms with Crippen molar-refractivity contribution in [2.24, 2.45) is 0 Å². The van der Waals surface area contributed by atoms with E-state index >= 15 is 0 Å². The van der Waals surface area contributed by atoms with E-state index < -0.39 is 0 Å². The van der Waals surface area contributed by atoms with Crippen LogP contribution in [0, 0.1) is 6.92 Å². The van der Waals surface area contributed by atoms with Gasteiger partial charge in [-0.15, -0.1) is 0 Å². The zero-order valence-electron chi connectivity index (χ0n) is 11.3. The third kappa shape index (κ3) is 2.61. The monoisotopic (exact) mass is 252 g/mol. The Morgan fingerprint density at radius 3 is 2.83 bits per heavy atom. The molecule has 1 heterocycles. The summed E-state index contributed by atoms with van der Waals surface area (Å²) in [5, 5.41) is 17.9. The lowest BCUT2D eigenvalue weighted by Gasteiger charge is -2.29. The van der Waals surface area contributed by atoms with Crippen LogP contribution in [-0.4, -0.2) is 27.0 Å². The molecule has 0 spiro atoms. The zero-order chi connectivity index (χ0) is 13.1. The number of hydrogen-bond acceptors (Lipinski definition) is 4. The summed E-state index contributed by atoms with van der Waals surface area (Å²) in [7, 11) is 0. The maximum absolute atomic E-state index is 10.0. The smallest absolute Gasteiger partial charge is 0.148 e. The quantitative estimate of drug-likeness (QED) is 0.765. The lowest BCUT2D eigenvalue weighted by Crippen LogP contribution is -2.37. The van der Waals surface area contributed by atoms with Gasteiger partial charge < -0.3 is 16.2 Å². The second-order valence-electron chi connectivity index (χ2n) is 5.17. The lowest BCUT2D eigenvalue weighted by molar-refractivity contribution is 0.116. The summed E-state index contributed by atoms with van der Waals surface area (Å²) < 4.78 is 1.92. The number of aliphatic hydroxyl groups excluding tert-OH is 1. The maximum atomic E-state index is 10.0. The fourth-order valence-electron chi connectivity index (χ4n) is 2.58. The van der Waals surface area contributed by atoms with Gasteiger partial charge in [0.1, 0.15) is 5.82 Å². The van der Waals surface area contributed by atoms with E-state index in [1.54, 1.807) is 0 Å². The number of aryl methyl sites for hydroxylation is 2. The van der Waals surface area contributed by atoms with Crippen LogP contribution in [0.25, 0.3) is 0 Å². The molecular weight excluding hydrogens is 228 g/mol. The molecule has 5 heteroatoms. The first-order chi connectivity index (χ1) is 8.63. The van der Waals surface area contributed by atoms with Crippen molar-refractivity contribution in [2.45, 2.75) is 64.6 Å². The summed E-state index contributed by atoms with van der Waals surface area (Å²) >= 11 is 0. The molecule has 1 saturated carbocycles. The molecule has 0 amide bonds. The van der Waals surface area contributed by atoms with Gasteiger partial charge in [-0.1, -0.05) is 19.8 Å². The van der Waals surface area contributed by atoms with E-state index in [2.05, 4.69) is 17.3 Å². The molecule has 2 rings (SSSR count). The maximum Gasteiger partial charge on any atom is 0.148 e. The molecule has 0 radical (unpaired) electrons. The van der Waals surface area contributed by atoms with Crippen molar-refractivity contribution in [3.63, 3.8) is 0 Å². The molecule has 5 nitrogen and oxygen atoms in total. The van der Waals surface area contributed by atoms with E-state index in [0.29, 0.717) is 5.69 Å². The third-order valence-electron chi connectivity index (χ3n) is 3.66. The summed E-state index contributed by atoms with van der Waals surface area (Å²) in [6.45, 7) is 4.89. The molecule has 102 valence electrons. The topological polar surface area (TPSA) is 76.1 Å². The molecule has 2 atom stereocenters. The standard InChI is InChI=1S/C13H24N4O/c1-3-8-17-13(12(14)9(2)16-17)15-10-6-4-5-7-11(10)18/h10-11,15,18H,3-8,14H2,1-2H3. The van der Waals surface area contributed by atoms with Crippen molar-refractivity contribution >= 4 is 11.5 Å². The van der Waals surface area contributed by atoms with Crippen LogP contribution >= 0.6 is 0 Å². The Labute approximate surface area is 108 Å². The van der Waals surface area contributed by atoms with Crippen LogP contribution in [0.2, 0.25) is 0 Å². The minimum Gasteiger partial charge on any atom is -0.394 e. The minimum atomic E-state index is -0.275. The molecule has 0 aliphatic heterocycles. The first-order valence-corrected chi connectivity index (χ1v) is 6.91. The fraction of sp³-hybridized carbons (Fsp3) is 0.769. The van der Waals surface area contributed by atoms with Crippen molar-refractivity contribution in [2.75, 3.05) is 11.1 Å². The van der Waals surface area contributed by atoms with Crippen LogP contribution in [0.15, 0.2) is 0 Å². The molecule has 2 unspecified atom stereocenters. The largest absolute Gasteiger partial charge is 0.394 e. The number of nitrogens with one attached hydrogen (secondary N) is 1. The van der Waals surface area contributed by atoms with E-state index in [0.717, 1.165) is 50.2 Å². The van der Waals surface area contributed by atoms with Crippen LogP contribution in [0.4, 0.5) is 11.5 Å². The molecule has 1 aromatic rings. The SMILES string of the molecule is CCCn1nc(C)c(N)c1NC1CCCCC1O. The van der Waals surface area contributed by atoms with Crippen molar-refractivity contribution < 1.29 is 5.11 Å². The number of nitrogens with zero attached hydrogens (tertiary/aromatic N) is 2. The highest BCUT2D eigenvalue weighted by molar-refractivity contribution is 5.65. The second-order valence-corrected chi connectivity index (χ2v) is 5.17. The number of nitrogen functional groups attached to an aromatic ring is 1. The first kappa shape index (κ1) is 13.2. The average Bonchev–Trinajstić information content (AvgIpc) is 2.60. The highest BCUT2D eigenvalue weighted by atomic mass is 16.3. The number of aliphatic hydroxyl groups is 1. The van der Waals surface area contributed by atoms with Crippen LogP contribution < -0.4 is 11.1 Å². The molecule has 1 fully saturated rings. The van der Waals surface area contributed by atoms with Gasteiger partial charge in [-0.25, -0.2) is 4.68 Å². The highest BCUT2D eigenvalue weighted by Gasteiger charge is 2.25. The van der Waals surface area contributed by atoms with E-state index in [4.69, 9.17) is 5.73 Å². The van der Waals surface area contributed by atoms with Gasteiger partial charge in [0, 0.05) is 6.54 Å². The molecule has 0 saturated heterocycles. The van der Waals surface area contributed by atoms with Crippen molar-refractivity contribution in [1.82, 2.24) is 9.78 Å². The molecule has 0 aromatic carbocycles. The Bertz CT molecular complexity index is 402. The number of rotatable bonds is 4. The molecule has 0 bridgehead atoms. The Kier molecular flexibility index (Phi) is 4.11. The van der Waals surface area contributed by atoms with Gasteiger partial charge >= 0.3 is 0 Å². The van der Waals surface area contributed by atoms with Gasteiger partial charge in [-0.2, -0.15) is 5.10 Å². The number of nitrogens with two attached hydrogens (primary N) is 1. The molecular formula is C13H24N4O. The zero-order valence-corrected chi connectivity index (χ0v) is 11.3. The molecule has 1 aromatic heterocycles. The van der Waals surface area contributed by atoms with Gasteiger partial charge in [-0.3, -0.25) is 0 Å². The first-order valence-electron chi connectivity index (χ1n) is 6.91. The number of hydrogen-bond donors (Lipinski definition) is 3. The van der Waals surface area contributed by atoms with Gasteiger partial charge in [-0.05, 0) is 26.2 Å². The summed E-state index contributed by atoms with van der Waals surface area (Å²) in [5.74, 6) is 0.875. The Morgan fingerprint density at radius 1 is 1.44 bits per heavy atom. The minimum absolute atomic E-state index is 0.104. The van der Waals surface area contributed by atoms with E-state index in [9.17, 15) is 5.11 Å². The van der Waals surface area contributed by atoms with E-state index in [1.165, 1.54) is 0 Å². The van der Waals surface area contributed by atoms with Gasteiger partial charge in [0.15, 0.2) is 0 Å².